The minimum Gasteiger partial charge on any atom is -0.234 e. The lowest BCUT2D eigenvalue weighted by molar-refractivity contribution is -0.704. The Morgan fingerprint density at radius 1 is 0.515 bits per heavy atom. The van der Waals surface area contributed by atoms with Crippen LogP contribution in [0.15, 0.2) is 12.4 Å². The van der Waals surface area contributed by atoms with Gasteiger partial charge in [-0.15, -0.1) is 0 Å². The zero-order chi connectivity index (χ0) is 23.8. The summed E-state index contributed by atoms with van der Waals surface area (Å²) in [5.41, 5.74) is 0. The highest BCUT2D eigenvalue weighted by molar-refractivity contribution is 4.84. The van der Waals surface area contributed by atoms with Crippen LogP contribution >= 0.6 is 0 Å². The number of aryl methyl sites for hydroxylation is 2. The van der Waals surface area contributed by atoms with Gasteiger partial charge in [0, 0.05) is 6.42 Å². The molecule has 0 aromatic carbocycles. The van der Waals surface area contributed by atoms with Crippen molar-refractivity contribution in [3.8, 4) is 0 Å². The highest BCUT2D eigenvalue weighted by Gasteiger charge is 2.15. The topological polar surface area (TPSA) is 8.81 Å². The van der Waals surface area contributed by atoms with Crippen molar-refractivity contribution in [1.29, 1.82) is 0 Å². The fourth-order valence-electron chi connectivity index (χ4n) is 5.13. The third-order valence-electron chi connectivity index (χ3n) is 7.32. The Balaban J connectivity index is 2.09. The smallest absolute Gasteiger partial charge is 0.234 e. The highest BCUT2D eigenvalue weighted by atomic mass is 15.1. The van der Waals surface area contributed by atoms with Gasteiger partial charge in [0.15, 0.2) is 0 Å². The second-order valence-corrected chi connectivity index (χ2v) is 10.6. The molecule has 1 heterocycles. The molecule has 0 unspecified atom stereocenters. The summed E-state index contributed by atoms with van der Waals surface area (Å²) in [7, 11) is 0. The average Bonchev–Trinajstić information content (AvgIpc) is 3.20. The van der Waals surface area contributed by atoms with E-state index in [2.05, 4.69) is 42.3 Å². The average molecular weight is 462 g/mol. The number of aromatic nitrogens is 2. The molecular formula is C31H61N2+. The van der Waals surface area contributed by atoms with E-state index in [4.69, 9.17) is 0 Å². The molecular weight excluding hydrogens is 400 g/mol. The predicted octanol–water partition coefficient (Wildman–Crippen LogP) is 9.96. The van der Waals surface area contributed by atoms with E-state index in [-0.39, 0.29) is 0 Å². The van der Waals surface area contributed by atoms with Crippen LogP contribution in [0.3, 0.4) is 0 Å². The first-order valence-electron chi connectivity index (χ1n) is 15.4. The van der Waals surface area contributed by atoms with Crippen molar-refractivity contribution in [3.05, 3.63) is 18.2 Å². The molecule has 2 nitrogen and oxygen atoms in total. The van der Waals surface area contributed by atoms with Crippen LogP contribution in [0.5, 0.6) is 0 Å². The van der Waals surface area contributed by atoms with E-state index in [1.165, 1.54) is 161 Å². The summed E-state index contributed by atoms with van der Waals surface area (Å²) in [5, 5.41) is 0. The molecule has 0 fully saturated rings. The van der Waals surface area contributed by atoms with Crippen LogP contribution in [0, 0.1) is 0 Å². The zero-order valence-electron chi connectivity index (χ0n) is 23.2. The second-order valence-electron chi connectivity index (χ2n) is 10.6. The predicted molar refractivity (Wildman–Crippen MR) is 147 cm³/mol. The summed E-state index contributed by atoms with van der Waals surface area (Å²) in [5.74, 6) is 1.57. The van der Waals surface area contributed by atoms with Gasteiger partial charge >= 0.3 is 0 Å². The molecule has 0 saturated heterocycles. The molecule has 1 aromatic heterocycles. The molecule has 33 heavy (non-hydrogen) atoms. The number of nitrogens with zero attached hydrogens (tertiary/aromatic N) is 2. The van der Waals surface area contributed by atoms with Crippen molar-refractivity contribution < 1.29 is 4.57 Å². The molecule has 0 aliphatic heterocycles. The summed E-state index contributed by atoms with van der Waals surface area (Å²) in [6.07, 6.45) is 37.1. The minimum absolute atomic E-state index is 1.22. The monoisotopic (exact) mass is 461 g/mol. The van der Waals surface area contributed by atoms with E-state index < -0.39 is 0 Å². The van der Waals surface area contributed by atoms with Crippen molar-refractivity contribution in [1.82, 2.24) is 4.57 Å². The van der Waals surface area contributed by atoms with E-state index in [0.29, 0.717) is 0 Å². The molecule has 1 aromatic rings. The van der Waals surface area contributed by atoms with Gasteiger partial charge in [0.2, 0.25) is 0 Å². The maximum Gasteiger partial charge on any atom is 0.256 e. The van der Waals surface area contributed by atoms with E-state index in [0.717, 1.165) is 0 Å². The molecule has 0 spiro atoms. The lowest BCUT2D eigenvalue weighted by Crippen LogP contribution is -2.37. The summed E-state index contributed by atoms with van der Waals surface area (Å²) in [6.45, 7) is 9.37. The van der Waals surface area contributed by atoms with Crippen LogP contribution in [0.1, 0.15) is 168 Å². The van der Waals surface area contributed by atoms with Gasteiger partial charge in [-0.05, 0) is 32.1 Å². The molecule has 0 bridgehead atoms. The summed E-state index contributed by atoms with van der Waals surface area (Å²) in [4.78, 5) is 0. The standard InChI is InChI=1S/C31H61N2/c1-4-7-9-11-13-15-16-17-18-19-21-23-25-28-33-30-29-32(31(33)26-6-3)27-24-22-20-14-12-10-8-5-2/h29-30H,4-28H2,1-3H3/q+1. The molecule has 1 rings (SSSR count). The highest BCUT2D eigenvalue weighted by Crippen LogP contribution is 2.13. The van der Waals surface area contributed by atoms with Crippen LogP contribution in [0.2, 0.25) is 0 Å². The van der Waals surface area contributed by atoms with Crippen LogP contribution in [-0.2, 0) is 19.5 Å². The van der Waals surface area contributed by atoms with Crippen molar-refractivity contribution in [2.24, 2.45) is 0 Å². The van der Waals surface area contributed by atoms with Gasteiger partial charge in [-0.25, -0.2) is 9.13 Å². The third kappa shape index (κ3) is 16.5. The van der Waals surface area contributed by atoms with Gasteiger partial charge < -0.3 is 0 Å². The van der Waals surface area contributed by atoms with Gasteiger partial charge in [-0.2, -0.15) is 0 Å². The molecule has 194 valence electrons. The van der Waals surface area contributed by atoms with Gasteiger partial charge in [0.1, 0.15) is 12.4 Å². The summed E-state index contributed by atoms with van der Waals surface area (Å²) in [6, 6.07) is 0. The first-order valence-corrected chi connectivity index (χ1v) is 15.4. The zero-order valence-corrected chi connectivity index (χ0v) is 23.2. The Hall–Kier alpha value is -0.790. The lowest BCUT2D eigenvalue weighted by atomic mass is 10.0. The minimum atomic E-state index is 1.22. The lowest BCUT2D eigenvalue weighted by Gasteiger charge is -2.06. The van der Waals surface area contributed by atoms with Crippen molar-refractivity contribution in [2.45, 2.75) is 182 Å². The maximum atomic E-state index is 2.56. The van der Waals surface area contributed by atoms with E-state index in [1.54, 1.807) is 5.82 Å². The Morgan fingerprint density at radius 3 is 1.39 bits per heavy atom. The number of imidazole rings is 1. The largest absolute Gasteiger partial charge is 0.256 e. The Morgan fingerprint density at radius 2 is 0.939 bits per heavy atom. The van der Waals surface area contributed by atoms with Crippen LogP contribution in [0.25, 0.3) is 0 Å². The Bertz CT molecular complexity index is 519. The molecule has 0 aliphatic rings. The Labute approximate surface area is 208 Å². The van der Waals surface area contributed by atoms with Crippen LogP contribution < -0.4 is 4.57 Å². The maximum absolute atomic E-state index is 2.56. The molecule has 0 N–H and O–H groups in total. The number of rotatable bonds is 25. The van der Waals surface area contributed by atoms with Crippen molar-refractivity contribution in [2.75, 3.05) is 0 Å². The van der Waals surface area contributed by atoms with Gasteiger partial charge in [-0.3, -0.25) is 0 Å². The number of hydrogen-bond acceptors (Lipinski definition) is 0. The second kappa shape index (κ2) is 23.0. The van der Waals surface area contributed by atoms with Gasteiger partial charge in [0.05, 0.1) is 13.1 Å². The van der Waals surface area contributed by atoms with Crippen LogP contribution in [-0.4, -0.2) is 4.57 Å². The molecule has 0 aliphatic carbocycles. The number of hydrogen-bond donors (Lipinski definition) is 0. The first-order chi connectivity index (χ1) is 16.3. The SMILES string of the molecule is CCCCCCCCCCCCCCC[n+]1ccn(CCCCCCCCCC)c1CCC. The summed E-state index contributed by atoms with van der Waals surface area (Å²) >= 11 is 0. The molecule has 2 heteroatoms. The van der Waals surface area contributed by atoms with Crippen molar-refractivity contribution in [3.63, 3.8) is 0 Å². The molecule has 0 radical (unpaired) electrons. The molecule has 0 atom stereocenters. The Kier molecular flexibility index (Phi) is 21.1. The normalized spacial score (nSPS) is 11.5. The van der Waals surface area contributed by atoms with Crippen molar-refractivity contribution >= 4 is 0 Å². The van der Waals surface area contributed by atoms with E-state index >= 15 is 0 Å². The van der Waals surface area contributed by atoms with Crippen LogP contribution in [0.4, 0.5) is 0 Å². The third-order valence-corrected chi connectivity index (χ3v) is 7.32. The number of unbranched alkanes of at least 4 members (excludes halogenated alkanes) is 19. The van der Waals surface area contributed by atoms with E-state index in [1.807, 2.05) is 0 Å². The summed E-state index contributed by atoms with van der Waals surface area (Å²) < 4.78 is 5.12. The fourth-order valence-corrected chi connectivity index (χ4v) is 5.13. The van der Waals surface area contributed by atoms with Gasteiger partial charge in [-0.1, -0.05) is 130 Å². The molecule has 0 amide bonds. The quantitative estimate of drug-likeness (QED) is 0.101. The molecule has 0 saturated carbocycles. The fraction of sp³-hybridized carbons (Fsp3) is 0.903. The van der Waals surface area contributed by atoms with Gasteiger partial charge in [0.25, 0.3) is 5.82 Å². The van der Waals surface area contributed by atoms with E-state index in [9.17, 15) is 0 Å². The first kappa shape index (κ1) is 30.2.